The first-order chi connectivity index (χ1) is 29.6. The first-order valence-electron chi connectivity index (χ1n) is 26.5. The molecule has 4 N–H and O–H groups in total. The molecule has 60 heavy (non-hydrogen) atoms. The van der Waals surface area contributed by atoms with E-state index < -0.39 is 24.2 Å². The molecule has 0 radical (unpaired) electrons. The van der Waals surface area contributed by atoms with Gasteiger partial charge in [-0.1, -0.05) is 249 Å². The number of amides is 1. The van der Waals surface area contributed by atoms with Gasteiger partial charge < -0.3 is 20.6 Å². The molecule has 0 saturated heterocycles. The molecular formula is C55H103NO4. The highest BCUT2D eigenvalue weighted by Gasteiger charge is 2.22. The van der Waals surface area contributed by atoms with Crippen LogP contribution in [-0.4, -0.2) is 46.1 Å². The van der Waals surface area contributed by atoms with Gasteiger partial charge in [0.25, 0.3) is 0 Å². The molecule has 0 fully saturated rings. The van der Waals surface area contributed by atoms with Gasteiger partial charge in [-0.3, -0.25) is 4.79 Å². The Morgan fingerprint density at radius 1 is 0.400 bits per heavy atom. The number of aliphatic hydroxyl groups is 3. The average Bonchev–Trinajstić information content (AvgIpc) is 3.25. The predicted molar refractivity (Wildman–Crippen MR) is 264 cm³/mol. The molecule has 5 nitrogen and oxygen atoms in total. The van der Waals surface area contributed by atoms with Crippen LogP contribution < -0.4 is 5.32 Å². The topological polar surface area (TPSA) is 89.8 Å². The van der Waals surface area contributed by atoms with Crippen molar-refractivity contribution in [3.05, 3.63) is 48.6 Å². The number of aliphatic hydroxyl groups excluding tert-OH is 3. The van der Waals surface area contributed by atoms with Gasteiger partial charge in [0.2, 0.25) is 5.91 Å². The molecule has 0 bridgehead atoms. The number of hydrogen-bond donors (Lipinski definition) is 4. The zero-order valence-electron chi connectivity index (χ0n) is 40.1. The van der Waals surface area contributed by atoms with E-state index in [4.69, 9.17) is 0 Å². The Morgan fingerprint density at radius 3 is 1.02 bits per heavy atom. The highest BCUT2D eigenvalue weighted by atomic mass is 16.3. The monoisotopic (exact) mass is 842 g/mol. The fraction of sp³-hybridized carbons (Fsp3) is 0.836. The lowest BCUT2D eigenvalue weighted by atomic mass is 10.0. The third-order valence-corrected chi connectivity index (χ3v) is 12.1. The number of hydrogen-bond acceptors (Lipinski definition) is 4. The normalized spacial score (nSPS) is 13.8. The number of carbonyl (C=O) groups excluding carboxylic acids is 1. The van der Waals surface area contributed by atoms with Gasteiger partial charge in [0.05, 0.1) is 18.8 Å². The van der Waals surface area contributed by atoms with E-state index >= 15 is 0 Å². The molecule has 0 aliphatic rings. The number of carbonyl (C=O) groups is 1. The van der Waals surface area contributed by atoms with E-state index in [0.717, 1.165) is 44.9 Å². The summed E-state index contributed by atoms with van der Waals surface area (Å²) in [5.74, 6) is -0.516. The minimum Gasteiger partial charge on any atom is -0.394 e. The molecule has 3 atom stereocenters. The molecule has 3 unspecified atom stereocenters. The maximum absolute atomic E-state index is 12.5. The summed E-state index contributed by atoms with van der Waals surface area (Å²) < 4.78 is 0. The van der Waals surface area contributed by atoms with Gasteiger partial charge in [-0.15, -0.1) is 0 Å². The average molecular weight is 842 g/mol. The zero-order valence-corrected chi connectivity index (χ0v) is 40.1. The van der Waals surface area contributed by atoms with Crippen molar-refractivity contribution < 1.29 is 20.1 Å². The van der Waals surface area contributed by atoms with Gasteiger partial charge >= 0.3 is 0 Å². The van der Waals surface area contributed by atoms with E-state index in [9.17, 15) is 20.1 Å². The van der Waals surface area contributed by atoms with Crippen molar-refractivity contribution >= 4 is 5.91 Å². The van der Waals surface area contributed by atoms with Crippen LogP contribution in [0, 0.1) is 0 Å². The van der Waals surface area contributed by atoms with Gasteiger partial charge in [0, 0.05) is 0 Å². The summed E-state index contributed by atoms with van der Waals surface area (Å²) in [7, 11) is 0. The molecule has 0 saturated carbocycles. The summed E-state index contributed by atoms with van der Waals surface area (Å²) in [5, 5.41) is 33.2. The molecule has 0 aliphatic carbocycles. The van der Waals surface area contributed by atoms with Crippen LogP contribution in [0.3, 0.4) is 0 Å². The van der Waals surface area contributed by atoms with Crippen LogP contribution in [-0.2, 0) is 4.79 Å². The second-order valence-electron chi connectivity index (χ2n) is 18.1. The summed E-state index contributed by atoms with van der Waals surface area (Å²) in [4.78, 5) is 12.5. The fourth-order valence-corrected chi connectivity index (χ4v) is 7.98. The maximum Gasteiger partial charge on any atom is 0.249 e. The van der Waals surface area contributed by atoms with Crippen LogP contribution in [0.5, 0.6) is 0 Å². The molecule has 352 valence electrons. The third kappa shape index (κ3) is 44.4. The van der Waals surface area contributed by atoms with Crippen molar-refractivity contribution in [2.45, 2.75) is 289 Å². The molecule has 0 heterocycles. The van der Waals surface area contributed by atoms with Crippen molar-refractivity contribution in [1.29, 1.82) is 0 Å². The van der Waals surface area contributed by atoms with E-state index in [1.807, 2.05) is 6.08 Å². The molecule has 0 aromatic carbocycles. The Morgan fingerprint density at radius 2 is 0.683 bits per heavy atom. The highest BCUT2D eigenvalue weighted by Crippen LogP contribution is 2.16. The van der Waals surface area contributed by atoms with Crippen molar-refractivity contribution in [2.75, 3.05) is 6.61 Å². The van der Waals surface area contributed by atoms with Crippen molar-refractivity contribution in [2.24, 2.45) is 0 Å². The van der Waals surface area contributed by atoms with Crippen molar-refractivity contribution in [1.82, 2.24) is 5.32 Å². The first-order valence-corrected chi connectivity index (χ1v) is 26.5. The van der Waals surface area contributed by atoms with Gasteiger partial charge in [-0.25, -0.2) is 0 Å². The van der Waals surface area contributed by atoms with Crippen molar-refractivity contribution in [3.63, 3.8) is 0 Å². The van der Waals surface area contributed by atoms with Crippen LogP contribution in [0.1, 0.15) is 271 Å². The Bertz CT molecular complexity index is 974. The lowest BCUT2D eigenvalue weighted by Gasteiger charge is -2.21. The van der Waals surface area contributed by atoms with Crippen LogP contribution in [0.4, 0.5) is 0 Å². The molecule has 5 heteroatoms. The van der Waals surface area contributed by atoms with E-state index in [1.54, 1.807) is 6.08 Å². The largest absolute Gasteiger partial charge is 0.394 e. The number of allylic oxidation sites excluding steroid dienone is 7. The SMILES string of the molecule is CCCCCCCCCC/C=C/CC/C=C/CC/C=C/C(O)C(CO)NC(=O)C(O)CCCCCCCCCCCCCC/C=C\CCCCCCCCCCCCCC. The smallest absolute Gasteiger partial charge is 0.249 e. The van der Waals surface area contributed by atoms with Crippen LogP contribution in [0.25, 0.3) is 0 Å². The lowest BCUT2D eigenvalue weighted by Crippen LogP contribution is -2.48. The Kier molecular flexibility index (Phi) is 48.6. The standard InChI is InChI=1S/C55H103NO4/c1-3-5-7-9-11-13-15-17-19-21-23-24-25-26-27-28-29-30-31-32-34-36-38-40-42-44-46-48-50-54(59)55(60)56-52(51-57)53(58)49-47-45-43-41-39-37-35-33-22-20-18-16-14-12-10-8-6-4-2/h22,26-27,33,39,41,47,49,52-54,57-59H,3-21,23-25,28-32,34-38,40,42-46,48,50-51H2,1-2H3,(H,56,60)/b27-26-,33-22+,41-39+,49-47+. The summed E-state index contributed by atoms with van der Waals surface area (Å²) in [6.07, 6.45) is 66.1. The van der Waals surface area contributed by atoms with E-state index in [0.29, 0.717) is 6.42 Å². The second kappa shape index (κ2) is 50.0. The quantitative estimate of drug-likeness (QED) is 0.0363. The maximum atomic E-state index is 12.5. The Balaban J connectivity index is 3.62. The third-order valence-electron chi connectivity index (χ3n) is 12.1. The minimum atomic E-state index is -1.11. The summed E-state index contributed by atoms with van der Waals surface area (Å²) in [6, 6.07) is -0.822. The second-order valence-corrected chi connectivity index (χ2v) is 18.1. The van der Waals surface area contributed by atoms with Crippen molar-refractivity contribution in [3.8, 4) is 0 Å². The van der Waals surface area contributed by atoms with E-state index in [2.05, 4.69) is 55.6 Å². The van der Waals surface area contributed by atoms with E-state index in [1.165, 1.54) is 205 Å². The van der Waals surface area contributed by atoms with Crippen LogP contribution in [0.15, 0.2) is 48.6 Å². The van der Waals surface area contributed by atoms with Crippen LogP contribution >= 0.6 is 0 Å². The lowest BCUT2D eigenvalue weighted by molar-refractivity contribution is -0.131. The number of nitrogens with one attached hydrogen (secondary N) is 1. The summed E-state index contributed by atoms with van der Waals surface area (Å²) >= 11 is 0. The van der Waals surface area contributed by atoms with Crippen LogP contribution in [0.2, 0.25) is 0 Å². The first kappa shape index (κ1) is 58.3. The van der Waals surface area contributed by atoms with Gasteiger partial charge in [-0.05, 0) is 70.6 Å². The van der Waals surface area contributed by atoms with Gasteiger partial charge in [0.15, 0.2) is 0 Å². The van der Waals surface area contributed by atoms with E-state index in [-0.39, 0.29) is 6.61 Å². The van der Waals surface area contributed by atoms with Gasteiger partial charge in [-0.2, -0.15) is 0 Å². The molecular weight excluding hydrogens is 739 g/mol. The molecule has 0 rings (SSSR count). The molecule has 1 amide bonds. The molecule has 0 aromatic heterocycles. The Labute approximate surface area is 374 Å². The zero-order chi connectivity index (χ0) is 43.7. The molecule has 0 aromatic rings. The minimum absolute atomic E-state index is 0.381. The Hall–Kier alpha value is -1.69. The number of unbranched alkanes of at least 4 members (excludes halogenated alkanes) is 34. The van der Waals surface area contributed by atoms with Gasteiger partial charge in [0.1, 0.15) is 6.10 Å². The number of rotatable bonds is 48. The highest BCUT2D eigenvalue weighted by molar-refractivity contribution is 5.80. The summed E-state index contributed by atoms with van der Waals surface area (Å²) in [6.45, 7) is 4.18. The molecule has 0 spiro atoms. The molecule has 0 aliphatic heterocycles. The summed E-state index contributed by atoms with van der Waals surface area (Å²) in [5.41, 5.74) is 0. The fourth-order valence-electron chi connectivity index (χ4n) is 7.98. The predicted octanol–water partition coefficient (Wildman–Crippen LogP) is 16.1.